The Balaban J connectivity index is 1.39. The first-order valence-electron chi connectivity index (χ1n) is 9.47. The third-order valence-corrected chi connectivity index (χ3v) is 5.35. The zero-order valence-corrected chi connectivity index (χ0v) is 15.2. The van der Waals surface area contributed by atoms with Gasteiger partial charge < -0.3 is 19.7 Å². The van der Waals surface area contributed by atoms with Gasteiger partial charge in [0.15, 0.2) is 0 Å². The summed E-state index contributed by atoms with van der Waals surface area (Å²) in [5, 5.41) is 3.31. The van der Waals surface area contributed by atoms with Crippen LogP contribution in [0.3, 0.4) is 0 Å². The van der Waals surface area contributed by atoms with Crippen molar-refractivity contribution in [3.05, 3.63) is 29.8 Å². The lowest BCUT2D eigenvalue weighted by Gasteiger charge is -2.32. The van der Waals surface area contributed by atoms with E-state index in [2.05, 4.69) is 17.4 Å². The fourth-order valence-corrected chi connectivity index (χ4v) is 3.76. The molecule has 1 aromatic rings. The molecule has 5 nitrogen and oxygen atoms in total. The van der Waals surface area contributed by atoms with E-state index in [1.807, 2.05) is 17.0 Å². The normalized spacial score (nSPS) is 19.8. The lowest BCUT2D eigenvalue weighted by atomic mass is 9.90. The monoisotopic (exact) mass is 346 g/mol. The molecule has 1 N–H and O–H groups in total. The van der Waals surface area contributed by atoms with Crippen LogP contribution in [0, 0.1) is 5.92 Å². The average molecular weight is 346 g/mol. The minimum absolute atomic E-state index is 0.151. The molecule has 0 atom stereocenters. The molecular weight excluding hydrogens is 316 g/mol. The number of hydrogen-bond acceptors (Lipinski definition) is 4. The second-order valence-electron chi connectivity index (χ2n) is 7.14. The summed E-state index contributed by atoms with van der Waals surface area (Å²) in [7, 11) is 1.70. The van der Waals surface area contributed by atoms with E-state index >= 15 is 0 Å². The molecule has 2 fully saturated rings. The zero-order chi connectivity index (χ0) is 17.5. The van der Waals surface area contributed by atoms with E-state index in [4.69, 9.17) is 9.47 Å². The molecule has 25 heavy (non-hydrogen) atoms. The predicted molar refractivity (Wildman–Crippen MR) is 97.8 cm³/mol. The zero-order valence-electron chi connectivity index (χ0n) is 15.2. The van der Waals surface area contributed by atoms with Crippen molar-refractivity contribution in [1.29, 1.82) is 0 Å². The highest BCUT2D eigenvalue weighted by molar-refractivity contribution is 5.77. The van der Waals surface area contributed by atoms with Gasteiger partial charge in [0.25, 0.3) is 0 Å². The van der Waals surface area contributed by atoms with Crippen LogP contribution in [0.5, 0.6) is 5.75 Å². The van der Waals surface area contributed by atoms with Crippen LogP contribution in [0.4, 0.5) is 0 Å². The number of rotatable bonds is 6. The van der Waals surface area contributed by atoms with Gasteiger partial charge in [0.1, 0.15) is 12.4 Å². The second kappa shape index (κ2) is 9.20. The maximum absolute atomic E-state index is 12.4. The number of ether oxygens (including phenoxy) is 2. The van der Waals surface area contributed by atoms with E-state index in [1.54, 1.807) is 7.11 Å². The van der Waals surface area contributed by atoms with Crippen molar-refractivity contribution >= 4 is 5.91 Å². The van der Waals surface area contributed by atoms with Crippen molar-refractivity contribution in [2.75, 3.05) is 39.9 Å². The number of benzene rings is 1. The summed E-state index contributed by atoms with van der Waals surface area (Å²) >= 11 is 0. The summed E-state index contributed by atoms with van der Waals surface area (Å²) in [5.74, 6) is 1.71. The van der Waals surface area contributed by atoms with Gasteiger partial charge in [0.05, 0.1) is 13.2 Å². The van der Waals surface area contributed by atoms with Crippen LogP contribution in [0.15, 0.2) is 24.3 Å². The van der Waals surface area contributed by atoms with E-state index in [0.29, 0.717) is 5.92 Å². The van der Waals surface area contributed by atoms with Crippen molar-refractivity contribution in [3.63, 3.8) is 0 Å². The molecule has 0 aliphatic carbocycles. The van der Waals surface area contributed by atoms with Crippen LogP contribution >= 0.6 is 0 Å². The molecule has 3 rings (SSSR count). The SMILES string of the molecule is COc1cccc(CC2CCN(C(=O)COC3CCNCC3)CC2)c1. The fraction of sp³-hybridized carbons (Fsp3) is 0.650. The first-order valence-corrected chi connectivity index (χ1v) is 9.47. The van der Waals surface area contributed by atoms with Crippen LogP contribution in [0.2, 0.25) is 0 Å². The van der Waals surface area contributed by atoms with E-state index in [-0.39, 0.29) is 18.6 Å². The second-order valence-corrected chi connectivity index (χ2v) is 7.14. The maximum Gasteiger partial charge on any atom is 0.248 e. The number of likely N-dealkylation sites (tertiary alicyclic amines) is 1. The van der Waals surface area contributed by atoms with Crippen LogP contribution < -0.4 is 10.1 Å². The number of hydrogen-bond donors (Lipinski definition) is 1. The van der Waals surface area contributed by atoms with Gasteiger partial charge in [-0.1, -0.05) is 12.1 Å². The van der Waals surface area contributed by atoms with Crippen molar-refractivity contribution in [2.45, 2.75) is 38.2 Å². The number of methoxy groups -OCH3 is 1. The highest BCUT2D eigenvalue weighted by Crippen LogP contribution is 2.23. The molecular formula is C20H30N2O3. The summed E-state index contributed by atoms with van der Waals surface area (Å²) in [6.45, 7) is 3.93. The molecule has 0 bridgehead atoms. The van der Waals surface area contributed by atoms with Gasteiger partial charge in [-0.3, -0.25) is 4.79 Å². The van der Waals surface area contributed by atoms with Crippen LogP contribution in [0.25, 0.3) is 0 Å². The Kier molecular flexibility index (Phi) is 6.70. The van der Waals surface area contributed by atoms with Crippen molar-refractivity contribution < 1.29 is 14.3 Å². The Labute approximate surface area is 150 Å². The summed E-state index contributed by atoms with van der Waals surface area (Å²) in [4.78, 5) is 14.3. The van der Waals surface area contributed by atoms with E-state index in [0.717, 1.165) is 64.0 Å². The Morgan fingerprint density at radius 2 is 1.96 bits per heavy atom. The molecule has 0 saturated carbocycles. The summed E-state index contributed by atoms with van der Waals surface area (Å²) in [6, 6.07) is 8.30. The number of piperidine rings is 2. The predicted octanol–water partition coefficient (Wildman–Crippen LogP) is 2.24. The molecule has 2 saturated heterocycles. The largest absolute Gasteiger partial charge is 0.497 e. The van der Waals surface area contributed by atoms with Gasteiger partial charge >= 0.3 is 0 Å². The van der Waals surface area contributed by atoms with Crippen LogP contribution in [-0.4, -0.2) is 56.8 Å². The Morgan fingerprint density at radius 3 is 2.68 bits per heavy atom. The molecule has 1 aromatic carbocycles. The van der Waals surface area contributed by atoms with Gasteiger partial charge in [-0.2, -0.15) is 0 Å². The van der Waals surface area contributed by atoms with E-state index in [1.165, 1.54) is 5.56 Å². The molecule has 0 spiro atoms. The quantitative estimate of drug-likeness (QED) is 0.858. The summed E-state index contributed by atoms with van der Waals surface area (Å²) < 4.78 is 11.1. The molecule has 1 amide bonds. The van der Waals surface area contributed by atoms with Crippen molar-refractivity contribution in [2.24, 2.45) is 5.92 Å². The smallest absolute Gasteiger partial charge is 0.248 e. The minimum atomic E-state index is 0.151. The summed E-state index contributed by atoms with van der Waals surface area (Å²) in [5.41, 5.74) is 1.32. The number of nitrogens with zero attached hydrogens (tertiary/aromatic N) is 1. The Hall–Kier alpha value is -1.59. The van der Waals surface area contributed by atoms with Crippen LogP contribution in [-0.2, 0) is 16.0 Å². The Morgan fingerprint density at radius 1 is 1.20 bits per heavy atom. The minimum Gasteiger partial charge on any atom is -0.497 e. The molecule has 0 radical (unpaired) electrons. The first-order chi connectivity index (χ1) is 12.2. The highest BCUT2D eigenvalue weighted by atomic mass is 16.5. The molecule has 0 aromatic heterocycles. The van der Waals surface area contributed by atoms with Crippen LogP contribution in [0.1, 0.15) is 31.2 Å². The summed E-state index contributed by atoms with van der Waals surface area (Å²) in [6.07, 6.45) is 5.46. The third-order valence-electron chi connectivity index (χ3n) is 5.35. The first kappa shape index (κ1) is 18.2. The van der Waals surface area contributed by atoms with Gasteiger partial charge in [0.2, 0.25) is 5.91 Å². The third kappa shape index (κ3) is 5.44. The van der Waals surface area contributed by atoms with Gasteiger partial charge in [0, 0.05) is 13.1 Å². The molecule has 138 valence electrons. The standard InChI is InChI=1S/C20H30N2O3/c1-24-19-4-2-3-17(14-19)13-16-7-11-22(12-8-16)20(23)15-25-18-5-9-21-10-6-18/h2-4,14,16,18,21H,5-13,15H2,1H3. The Bertz CT molecular complexity index is 550. The van der Waals surface area contributed by atoms with Gasteiger partial charge in [-0.25, -0.2) is 0 Å². The average Bonchev–Trinajstić information content (AvgIpc) is 2.67. The van der Waals surface area contributed by atoms with E-state index < -0.39 is 0 Å². The number of amides is 1. The lowest BCUT2D eigenvalue weighted by molar-refractivity contribution is -0.140. The molecule has 5 heteroatoms. The lowest BCUT2D eigenvalue weighted by Crippen LogP contribution is -2.42. The molecule has 2 heterocycles. The van der Waals surface area contributed by atoms with Crippen molar-refractivity contribution in [3.8, 4) is 5.75 Å². The maximum atomic E-state index is 12.4. The molecule has 0 unspecified atom stereocenters. The molecule has 2 aliphatic heterocycles. The van der Waals surface area contributed by atoms with Gasteiger partial charge in [-0.05, 0) is 68.8 Å². The number of carbonyl (C=O) groups excluding carboxylic acids is 1. The fourth-order valence-electron chi connectivity index (χ4n) is 3.76. The van der Waals surface area contributed by atoms with E-state index in [9.17, 15) is 4.79 Å². The highest BCUT2D eigenvalue weighted by Gasteiger charge is 2.24. The number of nitrogens with one attached hydrogen (secondary N) is 1. The number of carbonyl (C=O) groups is 1. The topological polar surface area (TPSA) is 50.8 Å². The molecule has 2 aliphatic rings. The van der Waals surface area contributed by atoms with Crippen molar-refractivity contribution in [1.82, 2.24) is 10.2 Å². The van der Waals surface area contributed by atoms with Gasteiger partial charge in [-0.15, -0.1) is 0 Å².